The Morgan fingerprint density at radius 1 is 1.41 bits per heavy atom. The first-order chi connectivity index (χ1) is 7.86. The molecule has 0 bridgehead atoms. The van der Waals surface area contributed by atoms with E-state index < -0.39 is 28.0 Å². The van der Waals surface area contributed by atoms with Gasteiger partial charge in [0, 0.05) is 16.9 Å². The van der Waals surface area contributed by atoms with Gasteiger partial charge in [0.15, 0.2) is 0 Å². The molecule has 0 aliphatic rings. The molecule has 5 heteroatoms. The molecule has 1 rings (SSSR count). The van der Waals surface area contributed by atoms with Crippen LogP contribution in [0.1, 0.15) is 32.4 Å². The zero-order valence-corrected chi connectivity index (χ0v) is 11.1. The van der Waals surface area contributed by atoms with Crippen molar-refractivity contribution >= 4 is 11.4 Å². The molecule has 0 fully saturated rings. The number of aliphatic hydroxyl groups is 1. The number of benzene rings is 1. The van der Waals surface area contributed by atoms with Crippen LogP contribution in [0, 0.1) is 5.82 Å². The lowest BCUT2D eigenvalue weighted by Gasteiger charge is -2.27. The lowest BCUT2D eigenvalue weighted by Crippen LogP contribution is -2.42. The van der Waals surface area contributed by atoms with Crippen LogP contribution in [0.25, 0.3) is 0 Å². The predicted octanol–water partition coefficient (Wildman–Crippen LogP) is 1.91. The first-order valence-electron chi connectivity index (χ1n) is 5.39. The van der Waals surface area contributed by atoms with Crippen LogP contribution in [-0.2, 0) is 11.4 Å². The summed E-state index contributed by atoms with van der Waals surface area (Å²) >= 11 is -1.35. The summed E-state index contributed by atoms with van der Waals surface area (Å²) in [5.41, 5.74) is 0.326. The van der Waals surface area contributed by atoms with Crippen molar-refractivity contribution < 1.29 is 14.0 Å². The fourth-order valence-corrected chi connectivity index (χ4v) is 2.08. The van der Waals surface area contributed by atoms with E-state index >= 15 is 0 Å². The van der Waals surface area contributed by atoms with E-state index in [1.165, 1.54) is 6.07 Å². The highest BCUT2D eigenvalue weighted by atomic mass is 32.2. The molecule has 0 aromatic heterocycles. The van der Waals surface area contributed by atoms with Crippen molar-refractivity contribution in [3.63, 3.8) is 0 Å². The number of aliphatic hydroxyl groups excluding tert-OH is 1. The van der Waals surface area contributed by atoms with E-state index in [1.54, 1.807) is 18.2 Å². The summed E-state index contributed by atoms with van der Waals surface area (Å²) in [7, 11) is 0. The molecule has 2 atom stereocenters. The van der Waals surface area contributed by atoms with Crippen LogP contribution in [-0.4, -0.2) is 21.0 Å². The molecule has 96 valence electrons. The highest BCUT2D eigenvalue weighted by Crippen LogP contribution is 2.21. The van der Waals surface area contributed by atoms with Crippen LogP contribution >= 0.6 is 0 Å². The molecule has 0 saturated heterocycles. The molecule has 1 unspecified atom stereocenters. The van der Waals surface area contributed by atoms with Crippen LogP contribution in [0.15, 0.2) is 24.3 Å². The van der Waals surface area contributed by atoms with Gasteiger partial charge in [0.2, 0.25) is 0 Å². The first kappa shape index (κ1) is 14.4. The minimum atomic E-state index is -1.35. The van der Waals surface area contributed by atoms with E-state index in [4.69, 9.17) is 0 Å². The van der Waals surface area contributed by atoms with Crippen molar-refractivity contribution in [3.8, 4) is 0 Å². The number of nitrogens with one attached hydrogen (secondary N) is 1. The first-order valence-corrected chi connectivity index (χ1v) is 6.54. The molecule has 0 aliphatic heterocycles. The zero-order chi connectivity index (χ0) is 13.1. The average Bonchev–Trinajstić information content (AvgIpc) is 2.25. The third kappa shape index (κ3) is 3.96. The fraction of sp³-hybridized carbons (Fsp3) is 0.500. The summed E-state index contributed by atoms with van der Waals surface area (Å²) in [4.78, 5) is 0. The summed E-state index contributed by atoms with van der Waals surface area (Å²) in [6.45, 7) is 5.13. The van der Waals surface area contributed by atoms with Crippen LogP contribution in [0.4, 0.5) is 4.39 Å². The SMILES string of the molecule is CC(C)(C)[S+]([O-])N[C@@H](CO)c1ccccc1F. The molecule has 17 heavy (non-hydrogen) atoms. The van der Waals surface area contributed by atoms with Crippen molar-refractivity contribution in [1.29, 1.82) is 0 Å². The Bertz CT molecular complexity index is 368. The van der Waals surface area contributed by atoms with Crippen LogP contribution in [0.2, 0.25) is 0 Å². The molecule has 0 saturated carbocycles. The second kappa shape index (κ2) is 5.82. The molecule has 2 N–H and O–H groups in total. The molecule has 0 spiro atoms. The van der Waals surface area contributed by atoms with Gasteiger partial charge in [-0.3, -0.25) is 0 Å². The highest BCUT2D eigenvalue weighted by molar-refractivity contribution is 7.90. The predicted molar refractivity (Wildman–Crippen MR) is 67.3 cm³/mol. The fourth-order valence-electron chi connectivity index (χ4n) is 1.26. The minimum Gasteiger partial charge on any atom is -0.598 e. The Hall–Kier alpha value is -0.620. The molecule has 0 amide bonds. The molecular weight excluding hydrogens is 241 g/mol. The van der Waals surface area contributed by atoms with Gasteiger partial charge in [0.05, 0.1) is 6.61 Å². The van der Waals surface area contributed by atoms with Crippen LogP contribution in [0.3, 0.4) is 0 Å². The molecule has 1 aromatic carbocycles. The summed E-state index contributed by atoms with van der Waals surface area (Å²) in [6, 6.07) is 5.50. The normalized spacial score (nSPS) is 15.6. The van der Waals surface area contributed by atoms with E-state index in [-0.39, 0.29) is 6.61 Å². The van der Waals surface area contributed by atoms with Gasteiger partial charge >= 0.3 is 0 Å². The van der Waals surface area contributed by atoms with E-state index in [1.807, 2.05) is 20.8 Å². The second-order valence-electron chi connectivity index (χ2n) is 4.76. The average molecular weight is 259 g/mol. The Labute approximate surface area is 104 Å². The van der Waals surface area contributed by atoms with Crippen LogP contribution in [0.5, 0.6) is 0 Å². The Morgan fingerprint density at radius 2 is 2.00 bits per heavy atom. The van der Waals surface area contributed by atoms with Crippen molar-refractivity contribution in [1.82, 2.24) is 4.72 Å². The smallest absolute Gasteiger partial charge is 0.136 e. The number of hydrogen-bond donors (Lipinski definition) is 2. The van der Waals surface area contributed by atoms with E-state index in [0.717, 1.165) is 0 Å². The maximum atomic E-state index is 13.5. The van der Waals surface area contributed by atoms with Gasteiger partial charge in [-0.2, -0.15) is 0 Å². The maximum absolute atomic E-state index is 13.5. The second-order valence-corrected chi connectivity index (χ2v) is 6.75. The molecule has 3 nitrogen and oxygen atoms in total. The van der Waals surface area contributed by atoms with Gasteiger partial charge in [0.25, 0.3) is 0 Å². The largest absolute Gasteiger partial charge is 0.598 e. The summed E-state index contributed by atoms with van der Waals surface area (Å²) < 4.78 is 27.7. The number of rotatable bonds is 4. The van der Waals surface area contributed by atoms with Crippen LogP contribution < -0.4 is 4.72 Å². The highest BCUT2D eigenvalue weighted by Gasteiger charge is 2.30. The quantitative estimate of drug-likeness (QED) is 0.812. The van der Waals surface area contributed by atoms with Crippen molar-refractivity contribution in [3.05, 3.63) is 35.6 Å². The van der Waals surface area contributed by atoms with Crippen molar-refractivity contribution in [2.45, 2.75) is 31.6 Å². The van der Waals surface area contributed by atoms with Gasteiger partial charge in [0.1, 0.15) is 16.6 Å². The third-order valence-corrected chi connectivity index (χ3v) is 3.88. The van der Waals surface area contributed by atoms with E-state index in [9.17, 15) is 14.0 Å². The molecule has 0 radical (unpaired) electrons. The standard InChI is InChI=1S/C12H18FNO2S/c1-12(2,3)17(16)14-11(8-15)9-6-4-5-7-10(9)13/h4-7,11,14-15H,8H2,1-3H3/t11-,17?/m0/s1. The number of halogens is 1. The minimum absolute atomic E-state index is 0.303. The maximum Gasteiger partial charge on any atom is 0.136 e. The van der Waals surface area contributed by atoms with Gasteiger partial charge in [-0.1, -0.05) is 18.2 Å². The Balaban J connectivity index is 2.83. The number of hydrogen-bond acceptors (Lipinski definition) is 3. The summed E-state index contributed by atoms with van der Waals surface area (Å²) in [5.74, 6) is -0.412. The van der Waals surface area contributed by atoms with Gasteiger partial charge < -0.3 is 9.66 Å². The zero-order valence-electron chi connectivity index (χ0n) is 10.2. The van der Waals surface area contributed by atoms with Gasteiger partial charge in [-0.05, 0) is 26.8 Å². The van der Waals surface area contributed by atoms with E-state index in [0.29, 0.717) is 5.56 Å². The summed E-state index contributed by atoms with van der Waals surface area (Å²) in [6.07, 6.45) is 0. The van der Waals surface area contributed by atoms with Crippen molar-refractivity contribution in [2.24, 2.45) is 0 Å². The lowest BCUT2D eigenvalue weighted by atomic mass is 10.1. The summed E-state index contributed by atoms with van der Waals surface area (Å²) in [5, 5.41) is 9.25. The Kier molecular flexibility index (Phi) is 4.94. The molecular formula is C12H18FNO2S. The Morgan fingerprint density at radius 3 is 2.47 bits per heavy atom. The molecule has 0 aliphatic carbocycles. The lowest BCUT2D eigenvalue weighted by molar-refractivity contribution is 0.255. The van der Waals surface area contributed by atoms with E-state index in [2.05, 4.69) is 4.72 Å². The third-order valence-electron chi connectivity index (χ3n) is 2.27. The van der Waals surface area contributed by atoms with Gasteiger partial charge in [-0.25, -0.2) is 4.39 Å². The van der Waals surface area contributed by atoms with Gasteiger partial charge in [-0.15, -0.1) is 4.72 Å². The molecule has 0 heterocycles. The topological polar surface area (TPSA) is 55.3 Å². The van der Waals surface area contributed by atoms with Crippen molar-refractivity contribution in [2.75, 3.05) is 6.61 Å². The monoisotopic (exact) mass is 259 g/mol. The molecule has 1 aromatic rings.